The summed E-state index contributed by atoms with van der Waals surface area (Å²) in [5.74, 6) is 0.253. The van der Waals surface area contributed by atoms with Crippen LogP contribution in [0.4, 0.5) is 0 Å². The molecule has 80 valence electrons. The summed E-state index contributed by atoms with van der Waals surface area (Å²) in [6, 6.07) is 0.438. The van der Waals surface area contributed by atoms with E-state index >= 15 is 0 Å². The molecule has 3 atom stereocenters. The van der Waals surface area contributed by atoms with Crippen molar-refractivity contribution in [2.45, 2.75) is 44.3 Å². The van der Waals surface area contributed by atoms with E-state index in [-0.39, 0.29) is 24.0 Å². The fourth-order valence-electron chi connectivity index (χ4n) is 2.37. The molecule has 0 spiro atoms. The average molecular weight is 197 g/mol. The first-order valence-corrected chi connectivity index (χ1v) is 5.49. The molecule has 2 saturated heterocycles. The van der Waals surface area contributed by atoms with Crippen molar-refractivity contribution in [3.63, 3.8) is 0 Å². The lowest BCUT2D eigenvalue weighted by molar-refractivity contribution is -0.133. The third kappa shape index (κ3) is 1.64. The number of carbonyl (C=O) groups is 1. The van der Waals surface area contributed by atoms with E-state index in [4.69, 9.17) is 5.73 Å². The topological polar surface area (TPSA) is 58.4 Å². The number of rotatable bonds is 1. The normalized spacial score (nSPS) is 37.9. The highest BCUT2D eigenvalue weighted by Crippen LogP contribution is 2.19. The number of hydrogen-bond acceptors (Lipinski definition) is 3. The Kier molecular flexibility index (Phi) is 2.74. The minimum absolute atomic E-state index is 0.0581. The van der Waals surface area contributed by atoms with Gasteiger partial charge in [-0.1, -0.05) is 0 Å². The molecule has 3 unspecified atom stereocenters. The zero-order valence-electron chi connectivity index (χ0n) is 8.70. The number of hydrogen-bond donors (Lipinski definition) is 2. The summed E-state index contributed by atoms with van der Waals surface area (Å²) < 4.78 is 0. The largest absolute Gasteiger partial charge is 0.337 e. The molecule has 0 bridgehead atoms. The molecule has 0 radical (unpaired) electrons. The Hall–Kier alpha value is -0.610. The van der Waals surface area contributed by atoms with E-state index in [2.05, 4.69) is 5.32 Å². The summed E-state index contributed by atoms with van der Waals surface area (Å²) in [4.78, 5) is 13.9. The van der Waals surface area contributed by atoms with E-state index in [1.807, 2.05) is 11.8 Å². The van der Waals surface area contributed by atoms with Gasteiger partial charge >= 0.3 is 0 Å². The van der Waals surface area contributed by atoms with Crippen molar-refractivity contribution < 1.29 is 4.79 Å². The summed E-state index contributed by atoms with van der Waals surface area (Å²) in [6.07, 6.45) is 3.04. The van der Waals surface area contributed by atoms with Crippen molar-refractivity contribution in [2.75, 3.05) is 13.1 Å². The molecule has 4 heteroatoms. The highest BCUT2D eigenvalue weighted by atomic mass is 16.2. The van der Waals surface area contributed by atoms with Crippen LogP contribution >= 0.6 is 0 Å². The van der Waals surface area contributed by atoms with Crippen LogP contribution in [0.2, 0.25) is 0 Å². The zero-order valence-corrected chi connectivity index (χ0v) is 8.70. The standard InChI is InChI=1S/C10H19N3O/c1-7-8(11)4-6-13(7)10(14)9-3-2-5-12-9/h7-9,12H,2-6,11H2,1H3. The monoisotopic (exact) mass is 197 g/mol. The third-order valence-corrected chi connectivity index (χ3v) is 3.46. The van der Waals surface area contributed by atoms with Crippen LogP contribution in [0, 0.1) is 0 Å². The van der Waals surface area contributed by atoms with Crippen molar-refractivity contribution in [2.24, 2.45) is 5.73 Å². The number of amides is 1. The van der Waals surface area contributed by atoms with Crippen molar-refractivity contribution in [1.82, 2.24) is 10.2 Å². The molecule has 14 heavy (non-hydrogen) atoms. The van der Waals surface area contributed by atoms with E-state index in [9.17, 15) is 4.79 Å². The maximum absolute atomic E-state index is 12.0. The molecule has 0 saturated carbocycles. The van der Waals surface area contributed by atoms with Crippen LogP contribution in [0.15, 0.2) is 0 Å². The summed E-state index contributed by atoms with van der Waals surface area (Å²) in [6.45, 7) is 3.86. The first kappa shape index (κ1) is 9.93. The minimum atomic E-state index is 0.0581. The molecule has 2 aliphatic heterocycles. The molecule has 4 nitrogen and oxygen atoms in total. The van der Waals surface area contributed by atoms with Gasteiger partial charge in [0.15, 0.2) is 0 Å². The number of nitrogens with one attached hydrogen (secondary N) is 1. The van der Waals surface area contributed by atoms with E-state index in [0.717, 1.165) is 32.4 Å². The number of nitrogens with two attached hydrogens (primary N) is 1. The number of likely N-dealkylation sites (tertiary alicyclic amines) is 1. The summed E-state index contributed by atoms with van der Waals surface area (Å²) >= 11 is 0. The fraction of sp³-hybridized carbons (Fsp3) is 0.900. The predicted molar refractivity (Wildman–Crippen MR) is 54.8 cm³/mol. The van der Waals surface area contributed by atoms with Crippen LogP contribution in [-0.4, -0.2) is 42.0 Å². The third-order valence-electron chi connectivity index (χ3n) is 3.46. The van der Waals surface area contributed by atoms with Gasteiger partial charge in [-0.2, -0.15) is 0 Å². The molecule has 3 N–H and O–H groups in total. The van der Waals surface area contributed by atoms with Crippen LogP contribution in [0.5, 0.6) is 0 Å². The highest BCUT2D eigenvalue weighted by Gasteiger charge is 2.35. The second-order valence-corrected chi connectivity index (χ2v) is 4.37. The first-order chi connectivity index (χ1) is 6.70. The van der Waals surface area contributed by atoms with Gasteiger partial charge in [0.25, 0.3) is 0 Å². The summed E-state index contributed by atoms with van der Waals surface area (Å²) in [7, 11) is 0. The Bertz CT molecular complexity index is 225. The van der Waals surface area contributed by atoms with Gasteiger partial charge in [-0.05, 0) is 32.7 Å². The smallest absolute Gasteiger partial charge is 0.240 e. The second kappa shape index (κ2) is 3.87. The molecule has 2 heterocycles. The van der Waals surface area contributed by atoms with E-state index in [1.165, 1.54) is 0 Å². The molecular weight excluding hydrogens is 178 g/mol. The molecule has 1 amide bonds. The predicted octanol–water partition coefficient (Wildman–Crippen LogP) is -0.313. The molecule has 2 rings (SSSR count). The lowest BCUT2D eigenvalue weighted by Crippen LogP contribution is -2.47. The molecule has 2 fully saturated rings. The number of carbonyl (C=O) groups excluding carboxylic acids is 1. The molecule has 0 aromatic carbocycles. The SMILES string of the molecule is CC1C(N)CCN1C(=O)C1CCCN1. The molecule has 0 aromatic heterocycles. The van der Waals surface area contributed by atoms with Crippen LogP contribution in [-0.2, 0) is 4.79 Å². The Balaban J connectivity index is 1.97. The van der Waals surface area contributed by atoms with Crippen molar-refractivity contribution in [3.05, 3.63) is 0 Å². The Morgan fingerprint density at radius 3 is 2.79 bits per heavy atom. The van der Waals surface area contributed by atoms with Gasteiger partial charge < -0.3 is 16.0 Å². The van der Waals surface area contributed by atoms with Crippen LogP contribution in [0.3, 0.4) is 0 Å². The zero-order chi connectivity index (χ0) is 10.1. The fourth-order valence-corrected chi connectivity index (χ4v) is 2.37. The Labute approximate surface area is 84.8 Å². The van der Waals surface area contributed by atoms with Crippen LogP contribution in [0.25, 0.3) is 0 Å². The van der Waals surface area contributed by atoms with E-state index in [0.29, 0.717) is 0 Å². The maximum atomic E-state index is 12.0. The van der Waals surface area contributed by atoms with Crippen LogP contribution in [0.1, 0.15) is 26.2 Å². The number of nitrogens with zero attached hydrogens (tertiary/aromatic N) is 1. The molecule has 0 aromatic rings. The van der Waals surface area contributed by atoms with Gasteiger partial charge in [-0.15, -0.1) is 0 Å². The maximum Gasteiger partial charge on any atom is 0.240 e. The first-order valence-electron chi connectivity index (χ1n) is 5.49. The van der Waals surface area contributed by atoms with Gasteiger partial charge in [0.2, 0.25) is 5.91 Å². The molecule has 2 aliphatic rings. The van der Waals surface area contributed by atoms with Crippen LogP contribution < -0.4 is 11.1 Å². The van der Waals surface area contributed by atoms with Gasteiger partial charge in [0.1, 0.15) is 0 Å². The van der Waals surface area contributed by atoms with Gasteiger partial charge in [-0.25, -0.2) is 0 Å². The summed E-state index contributed by atoms with van der Waals surface area (Å²) in [5.41, 5.74) is 5.89. The minimum Gasteiger partial charge on any atom is -0.337 e. The van der Waals surface area contributed by atoms with Gasteiger partial charge in [0.05, 0.1) is 6.04 Å². The van der Waals surface area contributed by atoms with Gasteiger partial charge in [0, 0.05) is 18.6 Å². The lowest BCUT2D eigenvalue weighted by atomic mass is 10.1. The lowest BCUT2D eigenvalue weighted by Gasteiger charge is -2.26. The van der Waals surface area contributed by atoms with Crippen molar-refractivity contribution in [1.29, 1.82) is 0 Å². The van der Waals surface area contributed by atoms with Crippen molar-refractivity contribution >= 4 is 5.91 Å². The molecule has 0 aliphatic carbocycles. The molecular formula is C10H19N3O. The second-order valence-electron chi connectivity index (χ2n) is 4.37. The quantitative estimate of drug-likeness (QED) is 0.606. The van der Waals surface area contributed by atoms with E-state index < -0.39 is 0 Å². The Morgan fingerprint density at radius 2 is 2.29 bits per heavy atom. The van der Waals surface area contributed by atoms with Crippen molar-refractivity contribution in [3.8, 4) is 0 Å². The Morgan fingerprint density at radius 1 is 1.50 bits per heavy atom. The average Bonchev–Trinajstić information content (AvgIpc) is 2.77. The van der Waals surface area contributed by atoms with Gasteiger partial charge in [-0.3, -0.25) is 4.79 Å². The van der Waals surface area contributed by atoms with E-state index in [1.54, 1.807) is 0 Å². The highest BCUT2D eigenvalue weighted by molar-refractivity contribution is 5.82. The summed E-state index contributed by atoms with van der Waals surface area (Å²) in [5, 5.41) is 3.24.